The third-order valence-corrected chi connectivity index (χ3v) is 5.20. The quantitative estimate of drug-likeness (QED) is 0.646. The molecule has 1 aliphatic heterocycles. The second-order valence-corrected chi connectivity index (χ2v) is 6.36. The minimum Gasteiger partial charge on any atom is -0.341 e. The van der Waals surface area contributed by atoms with Gasteiger partial charge in [0.1, 0.15) is 0 Å². The summed E-state index contributed by atoms with van der Waals surface area (Å²) in [7, 11) is 0. The minimum absolute atomic E-state index is 0.0367. The number of rotatable bonds is 1. The van der Waals surface area contributed by atoms with E-state index in [-0.39, 0.29) is 5.41 Å². The number of carbonyl (C=O) groups excluding carboxylic acids is 1. The summed E-state index contributed by atoms with van der Waals surface area (Å²) in [6.07, 6.45) is 6.32. The monoisotopic (exact) mass is 207 g/mol. The van der Waals surface area contributed by atoms with Crippen LogP contribution in [-0.4, -0.2) is 23.9 Å². The standard InChI is InChI=1S/C13H21NO/c1-10-8-14(9-13(10)4-3-5-13)11(15)12(2)6-7-12/h10H,3-9H2,1-2H3/t10-/m1/s1. The van der Waals surface area contributed by atoms with E-state index in [9.17, 15) is 4.79 Å². The van der Waals surface area contributed by atoms with Gasteiger partial charge < -0.3 is 4.90 Å². The second kappa shape index (κ2) is 2.78. The first-order chi connectivity index (χ1) is 7.06. The Morgan fingerprint density at radius 2 is 1.93 bits per heavy atom. The fraction of sp³-hybridized carbons (Fsp3) is 0.923. The number of nitrogens with zero attached hydrogens (tertiary/aromatic N) is 1. The first-order valence-corrected chi connectivity index (χ1v) is 6.35. The van der Waals surface area contributed by atoms with E-state index in [1.54, 1.807) is 0 Å². The van der Waals surface area contributed by atoms with Crippen LogP contribution in [-0.2, 0) is 4.79 Å². The summed E-state index contributed by atoms with van der Waals surface area (Å²) in [6, 6.07) is 0. The van der Waals surface area contributed by atoms with E-state index in [1.165, 1.54) is 19.3 Å². The largest absolute Gasteiger partial charge is 0.341 e. The SMILES string of the molecule is C[C@@H]1CN(C(=O)C2(C)CC2)CC12CCC2. The Labute approximate surface area is 92.0 Å². The summed E-state index contributed by atoms with van der Waals surface area (Å²) in [4.78, 5) is 14.4. The average Bonchev–Trinajstić information content (AvgIpc) is 2.77. The van der Waals surface area contributed by atoms with E-state index in [1.807, 2.05) is 0 Å². The molecule has 1 heterocycles. The molecular formula is C13H21NO. The maximum atomic E-state index is 12.2. The molecule has 0 radical (unpaired) electrons. The van der Waals surface area contributed by atoms with E-state index in [0.717, 1.165) is 31.8 Å². The highest BCUT2D eigenvalue weighted by Crippen LogP contribution is 2.54. The smallest absolute Gasteiger partial charge is 0.228 e. The highest BCUT2D eigenvalue weighted by Gasteiger charge is 2.54. The maximum Gasteiger partial charge on any atom is 0.228 e. The molecule has 3 fully saturated rings. The van der Waals surface area contributed by atoms with Crippen LogP contribution >= 0.6 is 0 Å². The molecule has 1 spiro atoms. The van der Waals surface area contributed by atoms with Gasteiger partial charge in [0.15, 0.2) is 0 Å². The lowest BCUT2D eigenvalue weighted by Crippen LogP contribution is -2.39. The molecule has 2 nitrogen and oxygen atoms in total. The Hall–Kier alpha value is -0.530. The lowest BCUT2D eigenvalue weighted by Gasteiger charge is -2.41. The Morgan fingerprint density at radius 3 is 2.33 bits per heavy atom. The summed E-state index contributed by atoms with van der Waals surface area (Å²) in [5.74, 6) is 1.18. The molecule has 0 N–H and O–H groups in total. The van der Waals surface area contributed by atoms with E-state index in [4.69, 9.17) is 0 Å². The molecule has 3 aliphatic rings. The van der Waals surface area contributed by atoms with Gasteiger partial charge in [-0.15, -0.1) is 0 Å². The van der Waals surface area contributed by atoms with Crippen LogP contribution in [0.5, 0.6) is 0 Å². The summed E-state index contributed by atoms with van der Waals surface area (Å²) < 4.78 is 0. The van der Waals surface area contributed by atoms with Crippen molar-refractivity contribution in [3.05, 3.63) is 0 Å². The average molecular weight is 207 g/mol. The molecule has 2 saturated carbocycles. The number of likely N-dealkylation sites (tertiary alicyclic amines) is 1. The zero-order valence-corrected chi connectivity index (χ0v) is 9.88. The van der Waals surface area contributed by atoms with E-state index >= 15 is 0 Å². The van der Waals surface area contributed by atoms with Gasteiger partial charge in [0.2, 0.25) is 5.91 Å². The van der Waals surface area contributed by atoms with Gasteiger partial charge in [0.25, 0.3) is 0 Å². The van der Waals surface area contributed by atoms with Crippen LogP contribution in [0.25, 0.3) is 0 Å². The molecule has 2 heteroatoms. The summed E-state index contributed by atoms with van der Waals surface area (Å²) in [5.41, 5.74) is 0.565. The van der Waals surface area contributed by atoms with Gasteiger partial charge in [-0.1, -0.05) is 20.3 Å². The highest BCUT2D eigenvalue weighted by molar-refractivity contribution is 5.85. The van der Waals surface area contributed by atoms with Crippen LogP contribution in [0.15, 0.2) is 0 Å². The van der Waals surface area contributed by atoms with Crippen LogP contribution in [0.2, 0.25) is 0 Å². The highest BCUT2D eigenvalue weighted by atomic mass is 16.2. The molecule has 1 atom stereocenters. The molecule has 1 saturated heterocycles. The first-order valence-electron chi connectivity index (χ1n) is 6.35. The lowest BCUT2D eigenvalue weighted by molar-refractivity contribution is -0.136. The number of hydrogen-bond acceptors (Lipinski definition) is 1. The summed E-state index contributed by atoms with van der Waals surface area (Å²) in [5, 5.41) is 0. The molecule has 0 aromatic heterocycles. The molecule has 0 aromatic rings. The van der Waals surface area contributed by atoms with Crippen molar-refractivity contribution in [2.75, 3.05) is 13.1 Å². The van der Waals surface area contributed by atoms with Gasteiger partial charge in [-0.25, -0.2) is 0 Å². The van der Waals surface area contributed by atoms with E-state index in [2.05, 4.69) is 18.7 Å². The molecule has 0 unspecified atom stereocenters. The van der Waals surface area contributed by atoms with Crippen LogP contribution in [0.1, 0.15) is 46.0 Å². The van der Waals surface area contributed by atoms with Crippen LogP contribution in [0.4, 0.5) is 0 Å². The van der Waals surface area contributed by atoms with Crippen LogP contribution in [0, 0.1) is 16.7 Å². The predicted molar refractivity (Wildman–Crippen MR) is 59.4 cm³/mol. The second-order valence-electron chi connectivity index (χ2n) is 6.36. The van der Waals surface area contributed by atoms with Gasteiger partial charge in [-0.2, -0.15) is 0 Å². The third kappa shape index (κ3) is 1.26. The fourth-order valence-corrected chi connectivity index (χ4v) is 3.34. The topological polar surface area (TPSA) is 20.3 Å². The Morgan fingerprint density at radius 1 is 1.27 bits per heavy atom. The minimum atomic E-state index is 0.0367. The molecule has 3 rings (SSSR count). The number of carbonyl (C=O) groups is 1. The zero-order valence-electron chi connectivity index (χ0n) is 9.88. The molecule has 84 valence electrons. The third-order valence-electron chi connectivity index (χ3n) is 5.20. The van der Waals surface area contributed by atoms with Crippen LogP contribution in [0.3, 0.4) is 0 Å². The van der Waals surface area contributed by atoms with Gasteiger partial charge in [-0.3, -0.25) is 4.79 Å². The van der Waals surface area contributed by atoms with Crippen molar-refractivity contribution >= 4 is 5.91 Å². The van der Waals surface area contributed by atoms with Crippen molar-refractivity contribution in [3.63, 3.8) is 0 Å². The Kier molecular flexibility index (Phi) is 1.79. The number of hydrogen-bond donors (Lipinski definition) is 0. The van der Waals surface area contributed by atoms with Gasteiger partial charge in [-0.05, 0) is 37.0 Å². The van der Waals surface area contributed by atoms with Gasteiger partial charge in [0, 0.05) is 18.5 Å². The fourth-order valence-electron chi connectivity index (χ4n) is 3.34. The molecule has 2 aliphatic carbocycles. The van der Waals surface area contributed by atoms with Gasteiger partial charge >= 0.3 is 0 Å². The maximum absolute atomic E-state index is 12.2. The first kappa shape index (κ1) is 9.68. The van der Waals surface area contributed by atoms with E-state index < -0.39 is 0 Å². The summed E-state index contributed by atoms with van der Waals surface area (Å²) >= 11 is 0. The number of amides is 1. The van der Waals surface area contributed by atoms with Crippen molar-refractivity contribution < 1.29 is 4.79 Å². The van der Waals surface area contributed by atoms with Crippen molar-refractivity contribution in [1.29, 1.82) is 0 Å². The molecule has 0 aromatic carbocycles. The molecule has 0 bridgehead atoms. The molecule has 15 heavy (non-hydrogen) atoms. The van der Waals surface area contributed by atoms with Crippen molar-refractivity contribution in [2.24, 2.45) is 16.7 Å². The predicted octanol–water partition coefficient (Wildman–Crippen LogP) is 2.44. The molecular weight excluding hydrogens is 186 g/mol. The van der Waals surface area contributed by atoms with Crippen molar-refractivity contribution in [3.8, 4) is 0 Å². The normalized spacial score (nSPS) is 35.3. The van der Waals surface area contributed by atoms with Gasteiger partial charge in [0.05, 0.1) is 0 Å². The Balaban J connectivity index is 1.72. The Bertz CT molecular complexity index is 302. The van der Waals surface area contributed by atoms with Crippen molar-refractivity contribution in [1.82, 2.24) is 4.90 Å². The lowest BCUT2D eigenvalue weighted by atomic mass is 9.63. The van der Waals surface area contributed by atoms with E-state index in [0.29, 0.717) is 11.3 Å². The summed E-state index contributed by atoms with van der Waals surface area (Å²) in [6.45, 7) is 6.55. The molecule has 1 amide bonds. The van der Waals surface area contributed by atoms with Crippen molar-refractivity contribution in [2.45, 2.75) is 46.0 Å². The zero-order chi connectivity index (χ0) is 10.7. The van der Waals surface area contributed by atoms with Crippen LogP contribution < -0.4 is 0 Å².